The van der Waals surface area contributed by atoms with E-state index in [-0.39, 0.29) is 18.0 Å². The van der Waals surface area contributed by atoms with E-state index in [1.807, 2.05) is 11.4 Å². The number of benzene rings is 1. The topological polar surface area (TPSA) is 42.3 Å². The van der Waals surface area contributed by atoms with Crippen LogP contribution in [0.15, 0.2) is 46.7 Å². The number of pyridine rings is 1. The van der Waals surface area contributed by atoms with Crippen molar-refractivity contribution in [1.29, 1.82) is 0 Å². The number of amides is 1. The van der Waals surface area contributed by atoms with Crippen LogP contribution in [-0.4, -0.2) is 22.4 Å². The minimum absolute atomic E-state index is 0.114. The molecule has 0 radical (unpaired) electrons. The first-order chi connectivity index (χ1) is 11.9. The molecule has 25 heavy (non-hydrogen) atoms. The number of hydrogen-bond acceptors (Lipinski definition) is 3. The average Bonchev–Trinajstić information content (AvgIpc) is 3.08. The van der Waals surface area contributed by atoms with Crippen molar-refractivity contribution >= 4 is 27.3 Å². The molecule has 2 heterocycles. The normalized spacial score (nSPS) is 12.3. The van der Waals surface area contributed by atoms with Gasteiger partial charge in [0, 0.05) is 13.2 Å². The Morgan fingerprint density at radius 1 is 1.24 bits per heavy atom. The number of nitrogens with zero attached hydrogens (tertiary/aromatic N) is 2. The summed E-state index contributed by atoms with van der Waals surface area (Å²) in [5, 5.41) is 2.68. The second-order valence-corrected chi connectivity index (χ2v) is 6.72. The predicted octanol–water partition coefficient (Wildman–Crippen LogP) is 3.56. The van der Waals surface area contributed by atoms with Crippen molar-refractivity contribution in [3.8, 4) is 0 Å². The van der Waals surface area contributed by atoms with Crippen molar-refractivity contribution in [2.24, 2.45) is 0 Å². The summed E-state index contributed by atoms with van der Waals surface area (Å²) < 4.78 is 28.4. The Morgan fingerprint density at radius 2 is 2.00 bits per heavy atom. The molecule has 0 aliphatic heterocycles. The summed E-state index contributed by atoms with van der Waals surface area (Å²) in [6.07, 6.45) is 1.59. The van der Waals surface area contributed by atoms with Gasteiger partial charge in [-0.1, -0.05) is 6.07 Å². The van der Waals surface area contributed by atoms with Crippen LogP contribution in [0.1, 0.15) is 18.5 Å². The maximum absolute atomic E-state index is 13.4. The van der Waals surface area contributed by atoms with Crippen LogP contribution in [0.5, 0.6) is 0 Å². The minimum Gasteiger partial charge on any atom is -0.337 e. The zero-order valence-electron chi connectivity index (χ0n) is 13.7. The van der Waals surface area contributed by atoms with Crippen molar-refractivity contribution < 1.29 is 13.6 Å². The summed E-state index contributed by atoms with van der Waals surface area (Å²) in [5.74, 6) is -2.18. The zero-order valence-corrected chi connectivity index (χ0v) is 14.5. The van der Waals surface area contributed by atoms with Gasteiger partial charge in [0.25, 0.3) is 5.56 Å². The molecule has 0 saturated heterocycles. The lowest BCUT2D eigenvalue weighted by molar-refractivity contribution is -0.132. The molecule has 1 unspecified atom stereocenters. The van der Waals surface area contributed by atoms with Crippen LogP contribution >= 0.6 is 11.3 Å². The average molecular weight is 362 g/mol. The van der Waals surface area contributed by atoms with E-state index in [4.69, 9.17) is 0 Å². The monoisotopic (exact) mass is 362 g/mol. The molecule has 0 bridgehead atoms. The molecule has 0 aliphatic rings. The Morgan fingerprint density at radius 3 is 2.72 bits per heavy atom. The van der Waals surface area contributed by atoms with Crippen molar-refractivity contribution in [2.75, 3.05) is 7.05 Å². The highest BCUT2D eigenvalue weighted by atomic mass is 32.1. The summed E-state index contributed by atoms with van der Waals surface area (Å²) in [7, 11) is 1.57. The lowest BCUT2D eigenvalue weighted by atomic mass is 10.1. The van der Waals surface area contributed by atoms with Crippen molar-refractivity contribution in [3.05, 3.63) is 69.5 Å². The first-order valence-electron chi connectivity index (χ1n) is 7.65. The molecule has 0 spiro atoms. The number of carbonyl (C=O) groups excluding carboxylic acids is 1. The molecule has 3 rings (SSSR count). The number of thiophene rings is 1. The van der Waals surface area contributed by atoms with E-state index < -0.39 is 17.7 Å². The maximum atomic E-state index is 13.4. The first kappa shape index (κ1) is 17.3. The minimum atomic E-state index is -0.954. The van der Waals surface area contributed by atoms with Crippen LogP contribution in [0.4, 0.5) is 8.78 Å². The molecule has 0 saturated carbocycles. The van der Waals surface area contributed by atoms with Gasteiger partial charge in [-0.15, -0.1) is 11.3 Å². The number of fused-ring (bicyclic) bond motifs is 1. The number of halogens is 2. The third-order valence-corrected chi connectivity index (χ3v) is 5.21. The summed E-state index contributed by atoms with van der Waals surface area (Å²) in [6, 6.07) is 6.74. The SMILES string of the molecule is CC(c1ccc(F)c(F)c1)N(C)C(=O)Cn1ccc2ccsc2c1=O. The molecule has 0 aliphatic carbocycles. The van der Waals surface area contributed by atoms with Gasteiger partial charge < -0.3 is 9.47 Å². The smallest absolute Gasteiger partial charge is 0.268 e. The molecule has 1 aromatic carbocycles. The summed E-state index contributed by atoms with van der Waals surface area (Å²) >= 11 is 1.33. The Labute approximate surface area is 146 Å². The van der Waals surface area contributed by atoms with Gasteiger partial charge in [0.1, 0.15) is 6.54 Å². The van der Waals surface area contributed by atoms with Crippen LogP contribution in [0.25, 0.3) is 10.1 Å². The van der Waals surface area contributed by atoms with Crippen LogP contribution < -0.4 is 5.56 Å². The molecular weight excluding hydrogens is 346 g/mol. The molecule has 0 N–H and O–H groups in total. The van der Waals surface area contributed by atoms with Crippen LogP contribution in [0, 0.1) is 11.6 Å². The van der Waals surface area contributed by atoms with Gasteiger partial charge in [0.15, 0.2) is 11.6 Å². The molecule has 2 aromatic heterocycles. The number of likely N-dealkylation sites (N-methyl/N-ethyl adjacent to an activating group) is 1. The molecule has 1 atom stereocenters. The van der Waals surface area contributed by atoms with Gasteiger partial charge in [0.2, 0.25) is 5.91 Å². The van der Waals surface area contributed by atoms with E-state index in [9.17, 15) is 18.4 Å². The van der Waals surface area contributed by atoms with Crippen LogP contribution in [-0.2, 0) is 11.3 Å². The standard InChI is InChI=1S/C18H16F2N2O2S/c1-11(13-3-4-14(19)15(20)9-13)21(2)16(23)10-22-7-5-12-6-8-25-17(12)18(22)24/h3-9,11H,10H2,1-2H3. The highest BCUT2D eigenvalue weighted by Crippen LogP contribution is 2.21. The second-order valence-electron chi connectivity index (χ2n) is 5.81. The fourth-order valence-electron chi connectivity index (χ4n) is 2.59. The summed E-state index contributed by atoms with van der Waals surface area (Å²) in [6.45, 7) is 1.60. The van der Waals surface area contributed by atoms with Crippen molar-refractivity contribution in [3.63, 3.8) is 0 Å². The summed E-state index contributed by atoms with van der Waals surface area (Å²) in [5.41, 5.74) is 0.269. The fourth-order valence-corrected chi connectivity index (χ4v) is 3.43. The number of aromatic nitrogens is 1. The van der Waals surface area contributed by atoms with Crippen molar-refractivity contribution in [2.45, 2.75) is 19.5 Å². The van der Waals surface area contributed by atoms with Crippen molar-refractivity contribution in [1.82, 2.24) is 9.47 Å². The quantitative estimate of drug-likeness (QED) is 0.712. The van der Waals surface area contributed by atoms with Gasteiger partial charge in [-0.05, 0) is 47.5 Å². The molecule has 130 valence electrons. The van der Waals surface area contributed by atoms with Gasteiger partial charge >= 0.3 is 0 Å². The largest absolute Gasteiger partial charge is 0.337 e. The second kappa shape index (κ2) is 6.76. The Hall–Kier alpha value is -2.54. The molecular formula is C18H16F2N2O2S. The molecule has 1 amide bonds. The van der Waals surface area contributed by atoms with E-state index in [0.29, 0.717) is 10.3 Å². The Kier molecular flexibility index (Phi) is 4.67. The number of hydrogen-bond donors (Lipinski definition) is 0. The summed E-state index contributed by atoms with van der Waals surface area (Å²) in [4.78, 5) is 26.3. The molecule has 4 nitrogen and oxygen atoms in total. The Balaban J connectivity index is 1.80. The lowest BCUT2D eigenvalue weighted by Crippen LogP contribution is -2.35. The van der Waals surface area contributed by atoms with E-state index in [2.05, 4.69) is 0 Å². The van der Waals surface area contributed by atoms with E-state index in [1.54, 1.807) is 26.2 Å². The first-order valence-corrected chi connectivity index (χ1v) is 8.53. The van der Waals surface area contributed by atoms with E-state index in [1.165, 1.54) is 26.9 Å². The highest BCUT2D eigenvalue weighted by Gasteiger charge is 2.19. The molecule has 3 aromatic rings. The highest BCUT2D eigenvalue weighted by molar-refractivity contribution is 7.17. The van der Waals surface area contributed by atoms with Gasteiger partial charge in [-0.3, -0.25) is 9.59 Å². The van der Waals surface area contributed by atoms with Crippen LogP contribution in [0.2, 0.25) is 0 Å². The third-order valence-electron chi connectivity index (χ3n) is 4.29. The lowest BCUT2D eigenvalue weighted by Gasteiger charge is -2.25. The molecule has 0 fully saturated rings. The molecule has 7 heteroatoms. The van der Waals surface area contributed by atoms with Gasteiger partial charge in [-0.2, -0.15) is 0 Å². The van der Waals surface area contributed by atoms with Crippen LogP contribution in [0.3, 0.4) is 0 Å². The third kappa shape index (κ3) is 3.32. The predicted molar refractivity (Wildman–Crippen MR) is 93.6 cm³/mol. The number of rotatable bonds is 4. The Bertz CT molecular complexity index is 996. The number of carbonyl (C=O) groups is 1. The van der Waals surface area contributed by atoms with E-state index >= 15 is 0 Å². The maximum Gasteiger partial charge on any atom is 0.268 e. The zero-order chi connectivity index (χ0) is 18.1. The fraction of sp³-hybridized carbons (Fsp3) is 0.222. The van der Waals surface area contributed by atoms with Gasteiger partial charge in [-0.25, -0.2) is 8.78 Å². The van der Waals surface area contributed by atoms with E-state index in [0.717, 1.165) is 17.5 Å². The van der Waals surface area contributed by atoms with Gasteiger partial charge in [0.05, 0.1) is 10.7 Å².